The van der Waals surface area contributed by atoms with E-state index < -0.39 is 0 Å². The number of fused-ring (bicyclic) bond motifs is 1. The molecule has 0 aliphatic rings. The molecule has 0 aliphatic carbocycles. The van der Waals surface area contributed by atoms with Gasteiger partial charge in [-0.15, -0.1) is 0 Å². The number of ether oxygens (including phenoxy) is 3. The van der Waals surface area contributed by atoms with Crippen LogP contribution in [-0.4, -0.2) is 42.5 Å². The maximum absolute atomic E-state index is 12.7. The van der Waals surface area contributed by atoms with Crippen LogP contribution in [0.15, 0.2) is 71.9 Å². The Morgan fingerprint density at radius 1 is 0.938 bits per heavy atom. The molecular weight excluding hydrogens is 426 g/mol. The molecule has 1 N–H and O–H groups in total. The number of nitrogens with zero attached hydrogens (tertiary/aromatic N) is 2. The first-order valence-electron chi connectivity index (χ1n) is 9.90. The van der Waals surface area contributed by atoms with Crippen molar-refractivity contribution in [1.29, 1.82) is 0 Å². The van der Waals surface area contributed by atoms with Crippen LogP contribution in [0.2, 0.25) is 0 Å². The fraction of sp³-hybridized carbons (Fsp3) is 0.167. The third kappa shape index (κ3) is 4.36. The number of anilines is 1. The van der Waals surface area contributed by atoms with Gasteiger partial charge in [0, 0.05) is 23.5 Å². The number of carbonyl (C=O) groups is 1. The second-order valence-electron chi connectivity index (χ2n) is 6.80. The lowest BCUT2D eigenvalue weighted by atomic mass is 10.2. The van der Waals surface area contributed by atoms with E-state index in [-0.39, 0.29) is 11.7 Å². The summed E-state index contributed by atoms with van der Waals surface area (Å²) < 4.78 is 18.1. The number of hydrogen-bond acceptors (Lipinski definition) is 6. The predicted molar refractivity (Wildman–Crippen MR) is 127 cm³/mol. The zero-order chi connectivity index (χ0) is 22.5. The minimum Gasteiger partial charge on any atom is -0.493 e. The molecule has 0 fully saturated rings. The number of hydrogen-bond donors (Lipinski definition) is 1. The van der Waals surface area contributed by atoms with Crippen molar-refractivity contribution in [3.63, 3.8) is 0 Å². The van der Waals surface area contributed by atoms with Crippen molar-refractivity contribution in [1.82, 2.24) is 9.55 Å². The Balaban J connectivity index is 1.55. The van der Waals surface area contributed by atoms with E-state index in [0.29, 0.717) is 22.9 Å². The Hall–Kier alpha value is -3.65. The summed E-state index contributed by atoms with van der Waals surface area (Å²) in [6.45, 7) is 0. The molecule has 0 radical (unpaired) electrons. The van der Waals surface area contributed by atoms with Crippen LogP contribution >= 0.6 is 11.8 Å². The van der Waals surface area contributed by atoms with Gasteiger partial charge in [0.1, 0.15) is 0 Å². The lowest BCUT2D eigenvalue weighted by molar-refractivity contribution is -0.113. The summed E-state index contributed by atoms with van der Waals surface area (Å²) in [5.74, 6) is 1.43. The average Bonchev–Trinajstić information content (AvgIpc) is 3.21. The van der Waals surface area contributed by atoms with E-state index in [1.807, 2.05) is 54.6 Å². The maximum Gasteiger partial charge on any atom is 0.234 e. The SMILES string of the molecule is COc1cc(NC(=O)CSc2nc3ccccc3n2-c2ccccc2)cc(OC)c1OC. The number of nitrogens with one attached hydrogen (secondary N) is 1. The van der Waals surface area contributed by atoms with Crippen molar-refractivity contribution in [2.75, 3.05) is 32.4 Å². The highest BCUT2D eigenvalue weighted by atomic mass is 32.2. The molecule has 7 nitrogen and oxygen atoms in total. The monoisotopic (exact) mass is 449 g/mol. The second-order valence-corrected chi connectivity index (χ2v) is 7.75. The largest absolute Gasteiger partial charge is 0.493 e. The number of imidazole rings is 1. The molecule has 164 valence electrons. The van der Waals surface area contributed by atoms with Crippen LogP contribution in [-0.2, 0) is 4.79 Å². The average molecular weight is 450 g/mol. The van der Waals surface area contributed by atoms with E-state index in [9.17, 15) is 4.79 Å². The number of aromatic nitrogens is 2. The molecule has 0 spiro atoms. The standard InChI is InChI=1S/C24H23N3O4S/c1-29-20-13-16(14-21(30-2)23(20)31-3)25-22(28)15-32-24-26-18-11-7-8-12-19(18)27(24)17-9-5-4-6-10-17/h4-14H,15H2,1-3H3,(H,25,28). The van der Waals surface area contributed by atoms with E-state index in [0.717, 1.165) is 21.9 Å². The predicted octanol–water partition coefficient (Wildman–Crippen LogP) is 4.78. The third-order valence-corrected chi connectivity index (χ3v) is 5.76. The first kappa shape index (κ1) is 21.6. The molecule has 0 aliphatic heterocycles. The minimum atomic E-state index is -0.170. The first-order chi connectivity index (χ1) is 15.6. The quantitative estimate of drug-likeness (QED) is 0.390. The van der Waals surface area contributed by atoms with Gasteiger partial charge in [-0.05, 0) is 24.3 Å². The van der Waals surface area contributed by atoms with Crippen LogP contribution in [0.25, 0.3) is 16.7 Å². The fourth-order valence-electron chi connectivity index (χ4n) is 3.41. The Morgan fingerprint density at radius 3 is 2.25 bits per heavy atom. The molecule has 0 saturated carbocycles. The van der Waals surface area contributed by atoms with Crippen LogP contribution in [0.1, 0.15) is 0 Å². The number of para-hydroxylation sites is 3. The van der Waals surface area contributed by atoms with Gasteiger partial charge in [-0.2, -0.15) is 0 Å². The summed E-state index contributed by atoms with van der Waals surface area (Å²) in [4.78, 5) is 17.5. The Kier molecular flexibility index (Phi) is 6.51. The summed E-state index contributed by atoms with van der Waals surface area (Å²) in [6, 6.07) is 21.3. The first-order valence-corrected chi connectivity index (χ1v) is 10.9. The lowest BCUT2D eigenvalue weighted by Crippen LogP contribution is -2.15. The zero-order valence-corrected chi connectivity index (χ0v) is 18.8. The molecule has 1 amide bonds. The molecule has 3 aromatic carbocycles. The van der Waals surface area contributed by atoms with Crippen LogP contribution in [0.3, 0.4) is 0 Å². The molecule has 1 aromatic heterocycles. The number of thioether (sulfide) groups is 1. The highest BCUT2D eigenvalue weighted by molar-refractivity contribution is 7.99. The van der Waals surface area contributed by atoms with Crippen molar-refractivity contribution >= 4 is 34.4 Å². The molecule has 32 heavy (non-hydrogen) atoms. The fourth-order valence-corrected chi connectivity index (χ4v) is 4.24. The number of carbonyl (C=O) groups excluding carboxylic acids is 1. The summed E-state index contributed by atoms with van der Waals surface area (Å²) in [5.41, 5.74) is 3.42. The smallest absolute Gasteiger partial charge is 0.234 e. The van der Waals surface area contributed by atoms with Crippen molar-refractivity contribution in [3.8, 4) is 22.9 Å². The summed E-state index contributed by atoms with van der Waals surface area (Å²) >= 11 is 1.38. The van der Waals surface area contributed by atoms with Crippen molar-refractivity contribution in [2.45, 2.75) is 5.16 Å². The minimum absolute atomic E-state index is 0.170. The van der Waals surface area contributed by atoms with Crippen LogP contribution in [0.4, 0.5) is 5.69 Å². The van der Waals surface area contributed by atoms with Crippen molar-refractivity contribution in [2.24, 2.45) is 0 Å². The highest BCUT2D eigenvalue weighted by Crippen LogP contribution is 2.40. The van der Waals surface area contributed by atoms with E-state index in [4.69, 9.17) is 19.2 Å². The lowest BCUT2D eigenvalue weighted by Gasteiger charge is -2.14. The van der Waals surface area contributed by atoms with Gasteiger partial charge in [-0.1, -0.05) is 42.1 Å². The molecule has 4 rings (SSSR count). The number of amides is 1. The summed E-state index contributed by atoms with van der Waals surface area (Å²) in [5, 5.41) is 3.64. The molecule has 1 heterocycles. The van der Waals surface area contributed by atoms with E-state index in [1.54, 1.807) is 12.1 Å². The molecule has 0 saturated heterocycles. The Labute approximate surface area is 190 Å². The van der Waals surface area contributed by atoms with Crippen LogP contribution in [0, 0.1) is 0 Å². The van der Waals surface area contributed by atoms with Gasteiger partial charge in [0.15, 0.2) is 16.7 Å². The van der Waals surface area contributed by atoms with Crippen molar-refractivity contribution in [3.05, 3.63) is 66.7 Å². The highest BCUT2D eigenvalue weighted by Gasteiger charge is 2.17. The molecule has 8 heteroatoms. The summed E-state index contributed by atoms with van der Waals surface area (Å²) in [6.07, 6.45) is 0. The van der Waals surface area contributed by atoms with E-state index in [1.165, 1.54) is 33.1 Å². The van der Waals surface area contributed by atoms with E-state index in [2.05, 4.69) is 9.88 Å². The Bertz CT molecular complexity index is 1220. The molecule has 0 atom stereocenters. The topological polar surface area (TPSA) is 74.6 Å². The number of rotatable bonds is 8. The normalized spacial score (nSPS) is 10.7. The third-order valence-electron chi connectivity index (χ3n) is 4.83. The van der Waals surface area contributed by atoms with Crippen LogP contribution in [0.5, 0.6) is 17.2 Å². The van der Waals surface area contributed by atoms with Gasteiger partial charge in [0.25, 0.3) is 0 Å². The van der Waals surface area contributed by atoms with Gasteiger partial charge >= 0.3 is 0 Å². The molecule has 0 unspecified atom stereocenters. The Morgan fingerprint density at radius 2 is 1.59 bits per heavy atom. The summed E-state index contributed by atoms with van der Waals surface area (Å²) in [7, 11) is 4.60. The molecular formula is C24H23N3O4S. The number of benzene rings is 3. The maximum atomic E-state index is 12.7. The van der Waals surface area contributed by atoms with Gasteiger partial charge in [0.2, 0.25) is 11.7 Å². The number of methoxy groups -OCH3 is 3. The van der Waals surface area contributed by atoms with Crippen LogP contribution < -0.4 is 19.5 Å². The van der Waals surface area contributed by atoms with Gasteiger partial charge < -0.3 is 19.5 Å². The van der Waals surface area contributed by atoms with Crippen molar-refractivity contribution < 1.29 is 19.0 Å². The van der Waals surface area contributed by atoms with Gasteiger partial charge in [0.05, 0.1) is 38.1 Å². The van der Waals surface area contributed by atoms with Gasteiger partial charge in [-0.3, -0.25) is 9.36 Å². The second kappa shape index (κ2) is 9.65. The molecule has 0 bridgehead atoms. The zero-order valence-electron chi connectivity index (χ0n) is 18.0. The van der Waals surface area contributed by atoms with Gasteiger partial charge in [-0.25, -0.2) is 4.98 Å². The van der Waals surface area contributed by atoms with E-state index >= 15 is 0 Å². The molecule has 4 aromatic rings.